The lowest BCUT2D eigenvalue weighted by Gasteiger charge is -2.16. The van der Waals surface area contributed by atoms with Crippen molar-refractivity contribution < 1.29 is 4.79 Å². The average molecular weight is 460 g/mol. The molecule has 1 atom stereocenters. The third kappa shape index (κ3) is 6.34. The number of aromatic amines is 2. The van der Waals surface area contributed by atoms with Crippen LogP contribution in [0.1, 0.15) is 54.6 Å². The fourth-order valence-corrected chi connectivity index (χ4v) is 4.20. The molecule has 1 saturated heterocycles. The van der Waals surface area contributed by atoms with Crippen molar-refractivity contribution in [2.24, 2.45) is 0 Å². The smallest absolute Gasteiger partial charge is 0.233 e. The molecule has 0 aliphatic carbocycles. The Labute approximate surface area is 201 Å². The van der Waals surface area contributed by atoms with E-state index in [0.717, 1.165) is 66.4 Å². The summed E-state index contributed by atoms with van der Waals surface area (Å²) in [5.74, 6) is 8.41. The van der Waals surface area contributed by atoms with E-state index in [-0.39, 0.29) is 5.91 Å². The van der Waals surface area contributed by atoms with Crippen molar-refractivity contribution in [2.75, 3.05) is 33.7 Å². The van der Waals surface area contributed by atoms with Crippen molar-refractivity contribution >= 4 is 5.91 Å². The molecule has 4 N–H and O–H groups in total. The minimum absolute atomic E-state index is 0.0298. The molecule has 0 saturated carbocycles. The normalized spacial score (nSPS) is 15.8. The van der Waals surface area contributed by atoms with E-state index in [1.54, 1.807) is 7.05 Å². The van der Waals surface area contributed by atoms with Gasteiger partial charge in [-0.25, -0.2) is 9.97 Å². The Kier molecular flexibility index (Phi) is 8.12. The van der Waals surface area contributed by atoms with Gasteiger partial charge in [-0.2, -0.15) is 0 Å². The number of imidazole rings is 2. The summed E-state index contributed by atoms with van der Waals surface area (Å²) < 4.78 is 0. The monoisotopic (exact) mass is 459 g/mol. The number of unbranched alkanes of at least 4 members (excludes halogenated alkanes) is 1. The minimum Gasteiger partial charge on any atom is -0.355 e. The molecule has 1 aromatic carbocycles. The highest BCUT2D eigenvalue weighted by Gasteiger charge is 2.24. The van der Waals surface area contributed by atoms with Gasteiger partial charge in [0, 0.05) is 18.5 Å². The van der Waals surface area contributed by atoms with Crippen molar-refractivity contribution in [1.29, 1.82) is 0 Å². The number of nitrogens with one attached hydrogen (secondary N) is 4. The summed E-state index contributed by atoms with van der Waals surface area (Å²) in [6.45, 7) is 2.16. The molecule has 3 heterocycles. The van der Waals surface area contributed by atoms with E-state index in [9.17, 15) is 4.79 Å². The predicted octanol–water partition coefficient (Wildman–Crippen LogP) is 2.62. The summed E-state index contributed by atoms with van der Waals surface area (Å²) >= 11 is 0. The third-order valence-corrected chi connectivity index (χ3v) is 6.10. The number of amides is 1. The summed E-state index contributed by atoms with van der Waals surface area (Å²) in [4.78, 5) is 29.6. The highest BCUT2D eigenvalue weighted by Crippen LogP contribution is 2.28. The van der Waals surface area contributed by atoms with Gasteiger partial charge in [-0.1, -0.05) is 18.1 Å². The molecule has 1 fully saturated rings. The summed E-state index contributed by atoms with van der Waals surface area (Å²) in [7, 11) is 3.91. The second-order valence-corrected chi connectivity index (χ2v) is 8.73. The molecule has 1 amide bonds. The van der Waals surface area contributed by atoms with Crippen LogP contribution < -0.4 is 10.6 Å². The van der Waals surface area contributed by atoms with Crippen LogP contribution in [0.3, 0.4) is 0 Å². The van der Waals surface area contributed by atoms with Gasteiger partial charge in [0.2, 0.25) is 5.91 Å². The van der Waals surface area contributed by atoms with Crippen LogP contribution in [0.15, 0.2) is 36.7 Å². The molecule has 0 bridgehead atoms. The van der Waals surface area contributed by atoms with Crippen molar-refractivity contribution in [3.8, 4) is 23.1 Å². The van der Waals surface area contributed by atoms with Crippen LogP contribution in [0, 0.1) is 11.8 Å². The topological polar surface area (TPSA) is 102 Å². The van der Waals surface area contributed by atoms with Gasteiger partial charge in [0.15, 0.2) is 0 Å². The van der Waals surface area contributed by atoms with Gasteiger partial charge >= 0.3 is 0 Å². The Bertz CT molecular complexity index is 1140. The van der Waals surface area contributed by atoms with Crippen molar-refractivity contribution in [3.63, 3.8) is 0 Å². The van der Waals surface area contributed by atoms with E-state index in [2.05, 4.69) is 66.5 Å². The lowest BCUT2D eigenvalue weighted by molar-refractivity contribution is -0.120. The van der Waals surface area contributed by atoms with Crippen molar-refractivity contribution in [2.45, 2.75) is 38.1 Å². The Balaban J connectivity index is 1.27. The van der Waals surface area contributed by atoms with Crippen LogP contribution in [0.4, 0.5) is 0 Å². The highest BCUT2D eigenvalue weighted by molar-refractivity contribution is 5.77. The molecule has 8 nitrogen and oxygen atoms in total. The molecule has 2 aromatic heterocycles. The zero-order valence-corrected chi connectivity index (χ0v) is 19.9. The van der Waals surface area contributed by atoms with E-state index in [4.69, 9.17) is 0 Å². The number of carbonyl (C=O) groups is 1. The lowest BCUT2D eigenvalue weighted by Crippen LogP contribution is -2.32. The molecular formula is C26H33N7O. The molecule has 34 heavy (non-hydrogen) atoms. The number of likely N-dealkylation sites (tertiary alicyclic amines) is 1. The predicted molar refractivity (Wildman–Crippen MR) is 133 cm³/mol. The number of aryl methyl sites for hydroxylation is 1. The van der Waals surface area contributed by atoms with E-state index in [1.165, 1.54) is 6.42 Å². The lowest BCUT2D eigenvalue weighted by atomic mass is 10.1. The maximum atomic E-state index is 11.4. The highest BCUT2D eigenvalue weighted by atomic mass is 16.1. The quantitative estimate of drug-likeness (QED) is 0.291. The van der Waals surface area contributed by atoms with Crippen LogP contribution in [-0.4, -0.2) is 64.5 Å². The first-order chi connectivity index (χ1) is 16.6. The Morgan fingerprint density at radius 3 is 2.76 bits per heavy atom. The first-order valence-electron chi connectivity index (χ1n) is 11.9. The number of H-pyrrole nitrogens is 2. The van der Waals surface area contributed by atoms with Gasteiger partial charge < -0.3 is 20.6 Å². The molecule has 0 spiro atoms. The third-order valence-electron chi connectivity index (χ3n) is 6.10. The number of rotatable bonds is 9. The molecule has 3 aromatic rings. The van der Waals surface area contributed by atoms with Gasteiger partial charge in [-0.3, -0.25) is 9.69 Å². The van der Waals surface area contributed by atoms with Crippen LogP contribution in [0.25, 0.3) is 11.3 Å². The number of hydrogen-bond donors (Lipinski definition) is 4. The maximum Gasteiger partial charge on any atom is 0.233 e. The standard InChI is InChI=1S/C26H33N7O/c1-27-18-25(34)28-14-4-3-7-24-29-17-22(32-24)20-11-8-19(9-12-20)10-13-21-16-30-26(31-21)23-6-5-15-33(23)2/h8-9,11-12,16-17,23,27H,3-7,14-15,18H2,1-2H3,(H,28,34)(H,29,32)(H,30,31). The van der Waals surface area contributed by atoms with E-state index in [0.29, 0.717) is 19.1 Å². The van der Waals surface area contributed by atoms with Crippen molar-refractivity contribution in [3.05, 3.63) is 59.6 Å². The van der Waals surface area contributed by atoms with Gasteiger partial charge in [-0.15, -0.1) is 0 Å². The van der Waals surface area contributed by atoms with Crippen molar-refractivity contribution in [1.82, 2.24) is 35.5 Å². The van der Waals surface area contributed by atoms with Gasteiger partial charge in [-0.05, 0) is 69.9 Å². The molecule has 4 rings (SSSR count). The van der Waals surface area contributed by atoms with Crippen LogP contribution in [0.5, 0.6) is 0 Å². The average Bonchev–Trinajstić information content (AvgIpc) is 3.59. The largest absolute Gasteiger partial charge is 0.355 e. The summed E-state index contributed by atoms with van der Waals surface area (Å²) in [6.07, 6.45) is 8.80. The first kappa shape index (κ1) is 23.7. The second-order valence-electron chi connectivity index (χ2n) is 8.73. The van der Waals surface area contributed by atoms with Gasteiger partial charge in [0.1, 0.15) is 17.3 Å². The first-order valence-corrected chi connectivity index (χ1v) is 11.9. The molecule has 178 valence electrons. The number of nitrogens with zero attached hydrogens (tertiary/aromatic N) is 3. The molecular weight excluding hydrogens is 426 g/mol. The summed E-state index contributed by atoms with van der Waals surface area (Å²) in [6, 6.07) is 8.55. The minimum atomic E-state index is 0.0298. The molecule has 0 radical (unpaired) electrons. The van der Waals surface area contributed by atoms with Gasteiger partial charge in [0.25, 0.3) is 0 Å². The molecule has 1 aliphatic rings. The van der Waals surface area contributed by atoms with Crippen LogP contribution in [0.2, 0.25) is 0 Å². The van der Waals surface area contributed by atoms with E-state index in [1.807, 2.05) is 24.5 Å². The number of benzene rings is 1. The zero-order valence-electron chi connectivity index (χ0n) is 19.9. The molecule has 1 unspecified atom stereocenters. The fraction of sp³-hybridized carbons (Fsp3) is 0.423. The fourth-order valence-electron chi connectivity index (χ4n) is 4.20. The Morgan fingerprint density at radius 2 is 2.00 bits per heavy atom. The summed E-state index contributed by atoms with van der Waals surface area (Å²) in [5, 5.41) is 5.73. The number of likely N-dealkylation sites (N-methyl/N-ethyl adjacent to an activating group) is 1. The van der Waals surface area contributed by atoms with Crippen LogP contribution in [-0.2, 0) is 11.2 Å². The number of aromatic nitrogens is 4. The summed E-state index contributed by atoms with van der Waals surface area (Å²) in [5.41, 5.74) is 3.88. The maximum absolute atomic E-state index is 11.4. The molecule has 1 aliphatic heterocycles. The Morgan fingerprint density at radius 1 is 1.15 bits per heavy atom. The van der Waals surface area contributed by atoms with Crippen LogP contribution >= 0.6 is 0 Å². The van der Waals surface area contributed by atoms with E-state index < -0.39 is 0 Å². The molecule has 8 heteroatoms. The zero-order chi connectivity index (χ0) is 23.8. The second kappa shape index (κ2) is 11.6. The Hall–Kier alpha value is -3.41. The van der Waals surface area contributed by atoms with Gasteiger partial charge in [0.05, 0.1) is 30.7 Å². The SMILES string of the molecule is CNCC(=O)NCCCCc1ncc(-c2ccc(C#Cc3cnc(C4CCCN4C)[nH]3)cc2)[nH]1. The van der Waals surface area contributed by atoms with E-state index >= 15 is 0 Å². The number of carbonyl (C=O) groups excluding carboxylic acids is 1. The number of hydrogen-bond acceptors (Lipinski definition) is 5.